The lowest BCUT2D eigenvalue weighted by Crippen LogP contribution is -2.30. The third-order valence-corrected chi connectivity index (χ3v) is 3.96. The zero-order valence-corrected chi connectivity index (χ0v) is 15.4. The summed E-state index contributed by atoms with van der Waals surface area (Å²) in [4.78, 5) is 32.6. The number of amides is 1. The Morgan fingerprint density at radius 3 is 2.70 bits per heavy atom. The summed E-state index contributed by atoms with van der Waals surface area (Å²) in [6.45, 7) is 4.98. The number of anilines is 1. The van der Waals surface area contributed by atoms with Crippen LogP contribution in [0.1, 0.15) is 28.9 Å². The summed E-state index contributed by atoms with van der Waals surface area (Å²) in [6.07, 6.45) is -1.15. The number of nitrogens with one attached hydrogen (secondary N) is 1. The Morgan fingerprint density at radius 1 is 1.26 bits per heavy atom. The van der Waals surface area contributed by atoms with Crippen molar-refractivity contribution in [3.05, 3.63) is 52.3 Å². The molecule has 1 aromatic carbocycles. The molecule has 3 aromatic rings. The molecule has 0 fully saturated rings. The van der Waals surface area contributed by atoms with Crippen LogP contribution in [0.2, 0.25) is 5.02 Å². The van der Waals surface area contributed by atoms with E-state index in [1.165, 1.54) is 17.5 Å². The first-order valence-electron chi connectivity index (χ1n) is 7.92. The Balaban J connectivity index is 1.71. The van der Waals surface area contributed by atoms with Crippen LogP contribution in [-0.4, -0.2) is 37.6 Å². The largest absolute Gasteiger partial charge is 0.447 e. The molecule has 0 spiro atoms. The van der Waals surface area contributed by atoms with Crippen molar-refractivity contribution in [1.82, 2.24) is 19.6 Å². The average Bonchev–Trinajstić information content (AvgIpc) is 3.01. The number of rotatable bonds is 4. The Hall–Kier alpha value is -3.07. The molecule has 0 saturated carbocycles. The quantitative estimate of drug-likeness (QED) is 0.686. The molecule has 27 heavy (non-hydrogen) atoms. The van der Waals surface area contributed by atoms with Gasteiger partial charge in [0.25, 0.3) is 17.5 Å². The maximum atomic E-state index is 13.1. The molecule has 0 aliphatic heterocycles. The molecule has 3 rings (SSSR count). The molecule has 1 atom stereocenters. The number of hydrogen-bond acceptors (Lipinski definition) is 6. The summed E-state index contributed by atoms with van der Waals surface area (Å²) in [5.41, 5.74) is 1.68. The summed E-state index contributed by atoms with van der Waals surface area (Å²) >= 11 is 5.86. The van der Waals surface area contributed by atoms with Gasteiger partial charge in [-0.3, -0.25) is 4.79 Å². The molecule has 8 nitrogen and oxygen atoms in total. The average molecular weight is 392 g/mol. The normalized spacial score (nSPS) is 12.0. The second-order valence-electron chi connectivity index (χ2n) is 5.85. The van der Waals surface area contributed by atoms with Gasteiger partial charge in [0.1, 0.15) is 5.82 Å². The van der Waals surface area contributed by atoms with E-state index in [1.54, 1.807) is 19.9 Å². The molecule has 1 amide bonds. The van der Waals surface area contributed by atoms with Crippen LogP contribution in [0.4, 0.5) is 10.1 Å². The van der Waals surface area contributed by atoms with Crippen molar-refractivity contribution in [2.45, 2.75) is 26.9 Å². The molecular formula is C17H15ClFN5O3. The number of halogens is 2. The highest BCUT2D eigenvalue weighted by Gasteiger charge is 2.23. The fourth-order valence-electron chi connectivity index (χ4n) is 2.34. The van der Waals surface area contributed by atoms with E-state index in [-0.39, 0.29) is 22.3 Å². The van der Waals surface area contributed by atoms with Crippen LogP contribution >= 0.6 is 11.6 Å². The zero-order chi connectivity index (χ0) is 19.7. The van der Waals surface area contributed by atoms with Crippen molar-refractivity contribution < 1.29 is 18.7 Å². The van der Waals surface area contributed by atoms with E-state index in [0.717, 1.165) is 23.5 Å². The van der Waals surface area contributed by atoms with Gasteiger partial charge in [-0.1, -0.05) is 11.6 Å². The zero-order valence-electron chi connectivity index (χ0n) is 14.7. The molecule has 2 aromatic heterocycles. The smallest absolute Gasteiger partial charge is 0.379 e. The molecule has 0 radical (unpaired) electrons. The minimum atomic E-state index is -1.15. The number of nitrogens with zero attached hydrogens (tertiary/aromatic N) is 4. The summed E-state index contributed by atoms with van der Waals surface area (Å²) in [7, 11) is 0. The van der Waals surface area contributed by atoms with E-state index in [0.29, 0.717) is 0 Å². The lowest BCUT2D eigenvalue weighted by Gasteiger charge is -2.13. The van der Waals surface area contributed by atoms with E-state index in [4.69, 9.17) is 16.3 Å². The summed E-state index contributed by atoms with van der Waals surface area (Å²) < 4.78 is 19.6. The monoisotopic (exact) mass is 391 g/mol. The van der Waals surface area contributed by atoms with E-state index < -0.39 is 23.8 Å². The molecular weight excluding hydrogens is 377 g/mol. The summed E-state index contributed by atoms with van der Waals surface area (Å²) in [5.74, 6) is -1.99. The van der Waals surface area contributed by atoms with E-state index in [1.807, 2.05) is 0 Å². The molecule has 0 aliphatic carbocycles. The van der Waals surface area contributed by atoms with Crippen LogP contribution in [0, 0.1) is 19.7 Å². The lowest BCUT2D eigenvalue weighted by molar-refractivity contribution is -0.123. The number of fused-ring (bicyclic) bond motifs is 1. The van der Waals surface area contributed by atoms with Gasteiger partial charge in [0.05, 0.1) is 10.7 Å². The number of esters is 1. The highest BCUT2D eigenvalue weighted by Crippen LogP contribution is 2.22. The van der Waals surface area contributed by atoms with E-state index in [9.17, 15) is 14.0 Å². The number of aromatic nitrogens is 4. The van der Waals surface area contributed by atoms with Gasteiger partial charge in [-0.05, 0) is 45.0 Å². The second-order valence-corrected chi connectivity index (χ2v) is 6.25. The molecule has 0 bridgehead atoms. The van der Waals surface area contributed by atoms with Gasteiger partial charge < -0.3 is 10.1 Å². The number of hydrogen-bond donors (Lipinski definition) is 1. The third kappa shape index (κ3) is 4.03. The number of aryl methyl sites for hydroxylation is 2. The molecule has 140 valence electrons. The maximum absolute atomic E-state index is 13.1. The lowest BCUT2D eigenvalue weighted by atomic mass is 10.3. The van der Waals surface area contributed by atoms with Crippen LogP contribution in [0.3, 0.4) is 0 Å². The van der Waals surface area contributed by atoms with Gasteiger partial charge >= 0.3 is 5.97 Å². The molecule has 1 N–H and O–H groups in total. The highest BCUT2D eigenvalue weighted by molar-refractivity contribution is 6.33. The Labute approximate surface area is 158 Å². The van der Waals surface area contributed by atoms with E-state index in [2.05, 4.69) is 20.4 Å². The van der Waals surface area contributed by atoms with Crippen LogP contribution in [0.15, 0.2) is 24.3 Å². The first-order valence-corrected chi connectivity index (χ1v) is 8.30. The fourth-order valence-corrected chi connectivity index (χ4v) is 2.56. The summed E-state index contributed by atoms with van der Waals surface area (Å²) in [6, 6.07) is 5.31. The molecule has 10 heteroatoms. The van der Waals surface area contributed by atoms with Crippen LogP contribution in [-0.2, 0) is 9.53 Å². The Kier molecular flexibility index (Phi) is 5.04. The molecule has 0 aliphatic rings. The van der Waals surface area contributed by atoms with Gasteiger partial charge in [-0.2, -0.15) is 4.98 Å². The number of carbonyl (C=O) groups is 2. The number of ether oxygens (including phenoxy) is 1. The predicted octanol–water partition coefficient (Wildman–Crippen LogP) is 2.72. The van der Waals surface area contributed by atoms with Crippen LogP contribution in [0.25, 0.3) is 5.78 Å². The first kappa shape index (κ1) is 18.7. The van der Waals surface area contributed by atoms with Gasteiger partial charge in [0, 0.05) is 11.4 Å². The van der Waals surface area contributed by atoms with Gasteiger partial charge in [-0.15, -0.1) is 5.10 Å². The van der Waals surface area contributed by atoms with Crippen molar-refractivity contribution in [2.24, 2.45) is 0 Å². The highest BCUT2D eigenvalue weighted by atomic mass is 35.5. The van der Waals surface area contributed by atoms with Crippen LogP contribution in [0.5, 0.6) is 0 Å². The molecule has 0 unspecified atom stereocenters. The van der Waals surface area contributed by atoms with Gasteiger partial charge in [0.2, 0.25) is 0 Å². The number of carbonyl (C=O) groups excluding carboxylic acids is 2. The van der Waals surface area contributed by atoms with E-state index >= 15 is 0 Å². The van der Waals surface area contributed by atoms with Crippen molar-refractivity contribution in [3.63, 3.8) is 0 Å². The Bertz CT molecular complexity index is 1050. The SMILES string of the molecule is Cc1cc(C)n2nc(C(=O)O[C@@H](C)C(=O)Nc3ccc(F)cc3Cl)nc2n1. The van der Waals surface area contributed by atoms with Crippen molar-refractivity contribution in [2.75, 3.05) is 5.32 Å². The third-order valence-electron chi connectivity index (χ3n) is 3.64. The van der Waals surface area contributed by atoms with Crippen molar-refractivity contribution in [3.8, 4) is 0 Å². The Morgan fingerprint density at radius 2 is 2.00 bits per heavy atom. The first-order chi connectivity index (χ1) is 12.7. The number of benzene rings is 1. The van der Waals surface area contributed by atoms with Gasteiger partial charge in [0.15, 0.2) is 6.10 Å². The topological polar surface area (TPSA) is 98.5 Å². The van der Waals surface area contributed by atoms with Crippen molar-refractivity contribution in [1.29, 1.82) is 0 Å². The molecule has 0 saturated heterocycles. The maximum Gasteiger partial charge on any atom is 0.379 e. The molecule has 2 heterocycles. The van der Waals surface area contributed by atoms with Gasteiger partial charge in [-0.25, -0.2) is 18.7 Å². The minimum Gasteiger partial charge on any atom is -0.447 e. The summed E-state index contributed by atoms with van der Waals surface area (Å²) in [5, 5.41) is 6.54. The van der Waals surface area contributed by atoms with Crippen LogP contribution < -0.4 is 5.32 Å². The predicted molar refractivity (Wildman–Crippen MR) is 95.2 cm³/mol. The fraction of sp³-hybridized carbons (Fsp3) is 0.235. The standard InChI is InChI=1S/C17H15ClFN5O3/c1-8-6-9(2)24-17(20-8)22-14(23-24)16(26)27-10(3)15(25)21-13-5-4-11(19)7-12(13)18/h4-7,10H,1-3H3,(H,21,25)/t10-/m0/s1. The minimum absolute atomic E-state index is 0.0285. The van der Waals surface area contributed by atoms with Crippen molar-refractivity contribution >= 4 is 34.9 Å². The second kappa shape index (κ2) is 7.28.